The van der Waals surface area contributed by atoms with E-state index in [1.807, 2.05) is 32.6 Å². The van der Waals surface area contributed by atoms with Crippen LogP contribution in [0.3, 0.4) is 0 Å². The molecule has 20 heavy (non-hydrogen) atoms. The molecular formula is C16H30N2O2. The van der Waals surface area contributed by atoms with Crippen LogP contribution in [0.5, 0.6) is 0 Å². The van der Waals surface area contributed by atoms with E-state index in [0.29, 0.717) is 13.0 Å². The molecule has 0 aromatic heterocycles. The van der Waals surface area contributed by atoms with Crippen molar-refractivity contribution in [1.29, 1.82) is 0 Å². The highest BCUT2D eigenvalue weighted by atomic mass is 16.2. The van der Waals surface area contributed by atoms with Crippen LogP contribution in [-0.2, 0) is 9.59 Å². The van der Waals surface area contributed by atoms with Gasteiger partial charge >= 0.3 is 0 Å². The van der Waals surface area contributed by atoms with E-state index < -0.39 is 5.54 Å². The molecule has 1 rings (SSSR count). The van der Waals surface area contributed by atoms with Crippen LogP contribution >= 0.6 is 0 Å². The molecule has 0 aromatic carbocycles. The first-order chi connectivity index (χ1) is 9.08. The van der Waals surface area contributed by atoms with Crippen LogP contribution in [-0.4, -0.2) is 34.8 Å². The minimum Gasteiger partial charge on any atom is -0.340 e. The van der Waals surface area contributed by atoms with E-state index in [9.17, 15) is 9.59 Å². The predicted molar refractivity (Wildman–Crippen MR) is 81.2 cm³/mol. The third-order valence-electron chi connectivity index (χ3n) is 4.63. The summed E-state index contributed by atoms with van der Waals surface area (Å²) in [5.74, 6) is 0.156. The Morgan fingerprint density at radius 2 is 1.85 bits per heavy atom. The lowest BCUT2D eigenvalue weighted by Gasteiger charge is -2.47. The van der Waals surface area contributed by atoms with E-state index in [1.54, 1.807) is 0 Å². The number of nitrogens with one attached hydrogen (secondary N) is 1. The lowest BCUT2D eigenvalue weighted by atomic mass is 9.84. The van der Waals surface area contributed by atoms with Gasteiger partial charge in [0.2, 0.25) is 11.8 Å². The number of hydrogen-bond acceptors (Lipinski definition) is 2. The van der Waals surface area contributed by atoms with Crippen LogP contribution in [0, 0.1) is 11.3 Å². The summed E-state index contributed by atoms with van der Waals surface area (Å²) in [5, 5.41) is 2.93. The van der Waals surface area contributed by atoms with Gasteiger partial charge in [0.05, 0.1) is 0 Å². The fraction of sp³-hybridized carbons (Fsp3) is 0.875. The van der Waals surface area contributed by atoms with Crippen molar-refractivity contribution in [1.82, 2.24) is 10.2 Å². The highest BCUT2D eigenvalue weighted by Crippen LogP contribution is 2.30. The first-order valence-electron chi connectivity index (χ1n) is 7.71. The Morgan fingerprint density at radius 1 is 1.30 bits per heavy atom. The number of amides is 2. The zero-order valence-corrected chi connectivity index (χ0v) is 14.0. The second kappa shape index (κ2) is 5.74. The maximum Gasteiger partial charge on any atom is 0.248 e. The van der Waals surface area contributed by atoms with Gasteiger partial charge in [-0.05, 0) is 31.1 Å². The average Bonchev–Trinajstić information content (AvgIpc) is 2.34. The number of rotatable bonds is 5. The number of nitrogens with zero attached hydrogens (tertiary/aromatic N) is 1. The Bertz CT molecular complexity index is 390. The van der Waals surface area contributed by atoms with Crippen molar-refractivity contribution in [2.24, 2.45) is 11.3 Å². The van der Waals surface area contributed by atoms with Gasteiger partial charge in [0.1, 0.15) is 11.6 Å². The smallest absolute Gasteiger partial charge is 0.248 e. The summed E-state index contributed by atoms with van der Waals surface area (Å²) in [4.78, 5) is 27.1. The van der Waals surface area contributed by atoms with Gasteiger partial charge in [0, 0.05) is 6.54 Å². The van der Waals surface area contributed by atoms with Crippen molar-refractivity contribution in [2.75, 3.05) is 6.54 Å². The summed E-state index contributed by atoms with van der Waals surface area (Å²) >= 11 is 0. The molecule has 1 heterocycles. The van der Waals surface area contributed by atoms with Crippen LogP contribution < -0.4 is 5.32 Å². The largest absolute Gasteiger partial charge is 0.340 e. The molecule has 116 valence electrons. The summed E-state index contributed by atoms with van der Waals surface area (Å²) in [7, 11) is 0. The van der Waals surface area contributed by atoms with Crippen LogP contribution in [0.4, 0.5) is 0 Å². The second-order valence-corrected chi connectivity index (χ2v) is 7.31. The molecule has 2 unspecified atom stereocenters. The molecule has 0 spiro atoms. The van der Waals surface area contributed by atoms with Gasteiger partial charge in [-0.3, -0.25) is 9.59 Å². The molecule has 1 fully saturated rings. The molecule has 0 aromatic rings. The van der Waals surface area contributed by atoms with Crippen molar-refractivity contribution in [3.63, 3.8) is 0 Å². The number of carbonyl (C=O) groups is 2. The average molecular weight is 282 g/mol. The first-order valence-corrected chi connectivity index (χ1v) is 7.71. The molecular weight excluding hydrogens is 252 g/mol. The van der Waals surface area contributed by atoms with Crippen LogP contribution in [0.1, 0.15) is 61.3 Å². The summed E-state index contributed by atoms with van der Waals surface area (Å²) in [6.45, 7) is 14.8. The van der Waals surface area contributed by atoms with Gasteiger partial charge in [0.15, 0.2) is 0 Å². The van der Waals surface area contributed by atoms with E-state index in [2.05, 4.69) is 26.1 Å². The third kappa shape index (κ3) is 3.15. The number of hydrogen-bond donors (Lipinski definition) is 1. The topological polar surface area (TPSA) is 49.4 Å². The summed E-state index contributed by atoms with van der Waals surface area (Å²) < 4.78 is 0. The number of carbonyl (C=O) groups excluding carboxylic acids is 2. The van der Waals surface area contributed by atoms with Gasteiger partial charge in [-0.2, -0.15) is 0 Å². The fourth-order valence-corrected chi connectivity index (χ4v) is 2.63. The lowest BCUT2D eigenvalue weighted by Crippen LogP contribution is -2.71. The highest BCUT2D eigenvalue weighted by molar-refractivity contribution is 5.99. The summed E-state index contributed by atoms with van der Waals surface area (Å²) in [5.41, 5.74) is -0.735. The fourth-order valence-electron chi connectivity index (χ4n) is 2.63. The molecule has 1 N–H and O–H groups in total. The lowest BCUT2D eigenvalue weighted by molar-refractivity contribution is -0.158. The summed E-state index contributed by atoms with van der Waals surface area (Å²) in [6, 6.07) is -0.354. The van der Waals surface area contributed by atoms with Crippen LogP contribution in [0.15, 0.2) is 0 Å². The summed E-state index contributed by atoms with van der Waals surface area (Å²) in [6.07, 6.45) is 1.59. The van der Waals surface area contributed by atoms with E-state index >= 15 is 0 Å². The maximum absolute atomic E-state index is 12.8. The Hall–Kier alpha value is -1.06. The molecule has 0 bridgehead atoms. The van der Waals surface area contributed by atoms with Gasteiger partial charge in [-0.25, -0.2) is 0 Å². The van der Waals surface area contributed by atoms with Gasteiger partial charge in [-0.1, -0.05) is 41.5 Å². The molecule has 0 saturated carbocycles. The van der Waals surface area contributed by atoms with Crippen LogP contribution in [0.25, 0.3) is 0 Å². The molecule has 2 amide bonds. The third-order valence-corrected chi connectivity index (χ3v) is 4.63. The second-order valence-electron chi connectivity index (χ2n) is 7.31. The molecule has 2 atom stereocenters. The van der Waals surface area contributed by atoms with Crippen molar-refractivity contribution in [3.8, 4) is 0 Å². The highest BCUT2D eigenvalue weighted by Gasteiger charge is 2.48. The molecule has 0 aliphatic carbocycles. The normalized spacial score (nSPS) is 28.0. The number of piperazine rings is 1. The maximum atomic E-state index is 12.8. The first kappa shape index (κ1) is 17.0. The van der Waals surface area contributed by atoms with Gasteiger partial charge in [0.25, 0.3) is 0 Å². The van der Waals surface area contributed by atoms with Crippen molar-refractivity contribution in [2.45, 2.75) is 72.9 Å². The van der Waals surface area contributed by atoms with Crippen molar-refractivity contribution < 1.29 is 9.59 Å². The molecule has 4 nitrogen and oxygen atoms in total. The zero-order valence-electron chi connectivity index (χ0n) is 14.0. The quantitative estimate of drug-likeness (QED) is 0.842. The van der Waals surface area contributed by atoms with E-state index in [-0.39, 0.29) is 29.2 Å². The molecule has 0 radical (unpaired) electrons. The zero-order chi connectivity index (χ0) is 15.7. The van der Waals surface area contributed by atoms with Crippen LogP contribution in [0.2, 0.25) is 0 Å². The Balaban J connectivity index is 3.15. The van der Waals surface area contributed by atoms with E-state index in [0.717, 1.165) is 6.42 Å². The molecule has 1 saturated heterocycles. The minimum atomic E-state index is -0.758. The Morgan fingerprint density at radius 3 is 2.25 bits per heavy atom. The van der Waals surface area contributed by atoms with Gasteiger partial charge < -0.3 is 10.2 Å². The van der Waals surface area contributed by atoms with E-state index in [1.165, 1.54) is 0 Å². The standard InChI is InChI=1S/C16H30N2O2/c1-8-15(5,6)10-18-12(11(3)4)13(19)17-16(7,9-2)14(18)20/h11-12H,8-10H2,1-7H3,(H,17,19). The van der Waals surface area contributed by atoms with Gasteiger partial charge in [-0.15, -0.1) is 0 Å². The molecule has 4 heteroatoms. The monoisotopic (exact) mass is 282 g/mol. The predicted octanol–water partition coefficient (Wildman–Crippen LogP) is 2.57. The van der Waals surface area contributed by atoms with Crippen molar-refractivity contribution >= 4 is 11.8 Å². The van der Waals surface area contributed by atoms with Crippen molar-refractivity contribution in [3.05, 3.63) is 0 Å². The SMILES string of the molecule is CCC(C)(C)CN1C(=O)C(C)(CC)NC(=O)C1C(C)C. The Labute approximate surface area is 123 Å². The molecule has 1 aliphatic heterocycles. The minimum absolute atomic E-state index is 0.0177. The van der Waals surface area contributed by atoms with E-state index in [4.69, 9.17) is 0 Å². The molecule has 1 aliphatic rings. The Kier molecular flexibility index (Phi) is 4.88.